The highest BCUT2D eigenvalue weighted by atomic mass is 19.1. The smallest absolute Gasteiger partial charge is 0.306 e. The maximum atomic E-state index is 13.0. The van der Waals surface area contributed by atoms with Crippen LogP contribution in [0, 0.1) is 5.82 Å². The highest BCUT2D eigenvalue weighted by Crippen LogP contribution is 2.26. The van der Waals surface area contributed by atoms with Crippen molar-refractivity contribution in [1.29, 1.82) is 0 Å². The van der Waals surface area contributed by atoms with Gasteiger partial charge in [0.25, 0.3) is 11.5 Å². The minimum Gasteiger partial charge on any atom is -0.501 e. The number of amides is 2. The molecule has 0 unspecified atom stereocenters. The van der Waals surface area contributed by atoms with E-state index in [4.69, 9.17) is 10.2 Å². The van der Waals surface area contributed by atoms with E-state index < -0.39 is 40.0 Å². The van der Waals surface area contributed by atoms with Gasteiger partial charge in [-0.3, -0.25) is 19.0 Å². The quantitative estimate of drug-likeness (QED) is 0.475. The Morgan fingerprint density at radius 3 is 2.50 bits per heavy atom. The molecule has 12 heteroatoms. The van der Waals surface area contributed by atoms with Gasteiger partial charge >= 0.3 is 11.8 Å². The van der Waals surface area contributed by atoms with Crippen LogP contribution in [0.1, 0.15) is 52.3 Å². The van der Waals surface area contributed by atoms with E-state index in [9.17, 15) is 23.9 Å². The Balaban J connectivity index is 1.89. The zero-order valence-electron chi connectivity index (χ0n) is 17.5. The van der Waals surface area contributed by atoms with Gasteiger partial charge < -0.3 is 20.6 Å². The number of carbonyl (C=O) groups is 2. The third kappa shape index (κ3) is 4.63. The fourth-order valence-electron chi connectivity index (χ4n) is 3.10. The largest absolute Gasteiger partial charge is 0.501 e. The van der Waals surface area contributed by atoms with Crippen molar-refractivity contribution in [2.75, 3.05) is 0 Å². The summed E-state index contributed by atoms with van der Waals surface area (Å²) < 4.78 is 19.3. The van der Waals surface area contributed by atoms with E-state index in [1.54, 1.807) is 13.8 Å². The zero-order chi connectivity index (χ0) is 23.6. The van der Waals surface area contributed by atoms with Gasteiger partial charge in [-0.05, 0) is 17.7 Å². The summed E-state index contributed by atoms with van der Waals surface area (Å²) in [6.45, 7) is 3.45. The lowest BCUT2D eigenvalue weighted by molar-refractivity contribution is 0.0938. The van der Waals surface area contributed by atoms with Crippen LogP contribution in [-0.4, -0.2) is 36.7 Å². The third-order valence-corrected chi connectivity index (χ3v) is 4.72. The van der Waals surface area contributed by atoms with Gasteiger partial charge in [0.15, 0.2) is 5.69 Å². The first-order valence-corrected chi connectivity index (χ1v) is 9.45. The van der Waals surface area contributed by atoms with Gasteiger partial charge in [0, 0.05) is 25.4 Å². The number of aromatic hydroxyl groups is 1. The lowest BCUT2D eigenvalue weighted by Crippen LogP contribution is -2.36. The average Bonchev–Trinajstić information content (AvgIpc) is 3.19. The molecule has 0 spiro atoms. The Labute approximate surface area is 181 Å². The first-order chi connectivity index (χ1) is 15.0. The molecule has 3 aromatic rings. The Hall–Kier alpha value is -4.09. The second-order valence-corrected chi connectivity index (χ2v) is 7.73. The molecule has 4 N–H and O–H groups in total. The number of carbonyl (C=O) groups excluding carboxylic acids is 2. The summed E-state index contributed by atoms with van der Waals surface area (Å²) >= 11 is 0. The summed E-state index contributed by atoms with van der Waals surface area (Å²) in [6.07, 6.45) is 0.0645. The maximum Gasteiger partial charge on any atom is 0.306 e. The number of nitrogens with zero attached hydrogens (tertiary/aromatic N) is 4. The molecular weight excluding hydrogens is 423 g/mol. The van der Waals surface area contributed by atoms with Gasteiger partial charge in [-0.1, -0.05) is 26.0 Å². The molecule has 0 aliphatic carbocycles. The summed E-state index contributed by atoms with van der Waals surface area (Å²) in [4.78, 5) is 40.6. The summed E-state index contributed by atoms with van der Waals surface area (Å²) in [7, 11) is 1.40. The van der Waals surface area contributed by atoms with Crippen molar-refractivity contribution in [3.05, 3.63) is 69.3 Å². The summed E-state index contributed by atoms with van der Waals surface area (Å²) in [5.41, 5.74) is 3.53. The topological polar surface area (TPSA) is 166 Å². The van der Waals surface area contributed by atoms with Crippen LogP contribution in [-0.2, 0) is 25.4 Å². The molecule has 2 heterocycles. The molecule has 0 bridgehead atoms. The van der Waals surface area contributed by atoms with Crippen molar-refractivity contribution in [2.45, 2.75) is 32.2 Å². The molecule has 0 radical (unpaired) electrons. The van der Waals surface area contributed by atoms with E-state index >= 15 is 0 Å². The number of nitrogens with one attached hydrogen (secondary N) is 1. The average molecular weight is 444 g/mol. The number of aromatic nitrogens is 4. The first-order valence-electron chi connectivity index (χ1n) is 9.45. The van der Waals surface area contributed by atoms with E-state index in [-0.39, 0.29) is 30.6 Å². The Bertz CT molecular complexity index is 1230. The maximum absolute atomic E-state index is 13.0. The summed E-state index contributed by atoms with van der Waals surface area (Å²) in [5.74, 6) is -3.00. The molecule has 0 aliphatic rings. The standard InChI is InChI=1S/C20H21FN6O5/c1-20(2,8-12-25-26-17(32-12)15(22)29)19-24-13(14(28)18(31)27(19)3)16(30)23-9-10-4-6-11(21)7-5-10/h4-7,28H,8-9H2,1-3H3,(H2,22,29)(H,23,30). The van der Waals surface area contributed by atoms with Crippen molar-refractivity contribution in [3.63, 3.8) is 0 Å². The van der Waals surface area contributed by atoms with E-state index in [0.717, 1.165) is 4.57 Å². The van der Waals surface area contributed by atoms with Gasteiger partial charge in [0.05, 0.1) is 0 Å². The molecule has 2 aromatic heterocycles. The Morgan fingerprint density at radius 1 is 1.25 bits per heavy atom. The SMILES string of the molecule is Cn1c(C(C)(C)Cc2nnc(C(N)=O)o2)nc(C(=O)NCc2ccc(F)cc2)c(O)c1=O. The lowest BCUT2D eigenvalue weighted by Gasteiger charge is -2.25. The number of hydrogen-bond acceptors (Lipinski definition) is 8. The minimum atomic E-state index is -0.922. The van der Waals surface area contributed by atoms with Crippen LogP contribution >= 0.6 is 0 Å². The Morgan fingerprint density at radius 2 is 1.91 bits per heavy atom. The predicted molar refractivity (Wildman–Crippen MR) is 108 cm³/mol. The van der Waals surface area contributed by atoms with Crippen molar-refractivity contribution in [3.8, 4) is 5.75 Å². The minimum absolute atomic E-state index is 0.0338. The lowest BCUT2D eigenvalue weighted by atomic mass is 9.87. The summed E-state index contributed by atoms with van der Waals surface area (Å²) in [5, 5.41) is 20.1. The molecule has 2 amide bonds. The van der Waals surface area contributed by atoms with Crippen LogP contribution < -0.4 is 16.6 Å². The predicted octanol–water partition coefficient (Wildman–Crippen LogP) is 0.557. The van der Waals surface area contributed by atoms with Crippen LogP contribution in [0.5, 0.6) is 5.75 Å². The number of hydrogen-bond donors (Lipinski definition) is 3. The van der Waals surface area contributed by atoms with E-state index in [2.05, 4.69) is 20.5 Å². The highest BCUT2D eigenvalue weighted by Gasteiger charge is 2.32. The number of primary amides is 1. The molecule has 3 rings (SSSR count). The van der Waals surface area contributed by atoms with E-state index in [1.807, 2.05) is 0 Å². The van der Waals surface area contributed by atoms with Crippen LogP contribution in [0.4, 0.5) is 4.39 Å². The number of nitrogens with two attached hydrogens (primary N) is 1. The second-order valence-electron chi connectivity index (χ2n) is 7.73. The van der Waals surface area contributed by atoms with Gasteiger partial charge in [-0.15, -0.1) is 10.2 Å². The molecule has 0 aliphatic heterocycles. The molecule has 0 atom stereocenters. The monoisotopic (exact) mass is 444 g/mol. The number of rotatable bonds is 7. The van der Waals surface area contributed by atoms with Crippen LogP contribution in [0.2, 0.25) is 0 Å². The third-order valence-electron chi connectivity index (χ3n) is 4.72. The van der Waals surface area contributed by atoms with Gasteiger partial charge in [0.2, 0.25) is 11.6 Å². The molecule has 0 saturated carbocycles. The normalized spacial score (nSPS) is 11.4. The molecular formula is C20H21FN6O5. The Kier molecular flexibility index (Phi) is 6.05. The second kappa shape index (κ2) is 8.57. The highest BCUT2D eigenvalue weighted by molar-refractivity contribution is 5.94. The molecule has 32 heavy (non-hydrogen) atoms. The van der Waals surface area contributed by atoms with Crippen molar-refractivity contribution < 1.29 is 23.5 Å². The fourth-order valence-corrected chi connectivity index (χ4v) is 3.10. The van der Waals surface area contributed by atoms with E-state index in [0.29, 0.717) is 5.56 Å². The molecule has 1 aromatic carbocycles. The molecule has 0 saturated heterocycles. The number of benzene rings is 1. The molecule has 168 valence electrons. The van der Waals surface area contributed by atoms with Crippen LogP contribution in [0.15, 0.2) is 33.5 Å². The van der Waals surface area contributed by atoms with Gasteiger partial charge in [-0.25, -0.2) is 9.37 Å². The van der Waals surface area contributed by atoms with Gasteiger partial charge in [0.1, 0.15) is 11.6 Å². The summed E-state index contributed by atoms with van der Waals surface area (Å²) in [6, 6.07) is 5.48. The molecule has 11 nitrogen and oxygen atoms in total. The van der Waals surface area contributed by atoms with Crippen molar-refractivity contribution in [1.82, 2.24) is 25.1 Å². The molecule has 0 fully saturated rings. The zero-order valence-corrected chi connectivity index (χ0v) is 17.5. The van der Waals surface area contributed by atoms with Crippen LogP contribution in [0.3, 0.4) is 0 Å². The fraction of sp³-hybridized carbons (Fsp3) is 0.300. The van der Waals surface area contributed by atoms with Crippen molar-refractivity contribution >= 4 is 11.8 Å². The van der Waals surface area contributed by atoms with Crippen molar-refractivity contribution in [2.24, 2.45) is 12.8 Å². The van der Waals surface area contributed by atoms with Gasteiger partial charge in [-0.2, -0.15) is 0 Å². The van der Waals surface area contributed by atoms with Crippen LogP contribution in [0.25, 0.3) is 0 Å². The first kappa shape index (κ1) is 22.6. The number of halogens is 1. The van der Waals surface area contributed by atoms with E-state index in [1.165, 1.54) is 31.3 Å².